The normalized spacial score (nSPS) is 17.7. The molecule has 3 N–H and O–H groups in total. The lowest BCUT2D eigenvalue weighted by molar-refractivity contribution is 0.0929. The number of hydrogen-bond donors (Lipinski definition) is 2. The van der Waals surface area contributed by atoms with Crippen molar-refractivity contribution < 1.29 is 9.53 Å². The Hall–Kier alpha value is -1.83. The van der Waals surface area contributed by atoms with Crippen molar-refractivity contribution in [3.05, 3.63) is 34.9 Å². The van der Waals surface area contributed by atoms with Gasteiger partial charge in [-0.15, -0.1) is 0 Å². The van der Waals surface area contributed by atoms with Gasteiger partial charge in [-0.2, -0.15) is 0 Å². The highest BCUT2D eigenvalue weighted by atomic mass is 16.5. The van der Waals surface area contributed by atoms with E-state index in [4.69, 9.17) is 10.5 Å². The maximum Gasteiger partial charge on any atom is 0.252 e. The molecular weight excluding hydrogens is 240 g/mol. The number of carbonyl (C=O) groups is 1. The number of aryl methyl sites for hydroxylation is 1. The second-order valence-electron chi connectivity index (χ2n) is 4.59. The molecule has 1 heterocycles. The van der Waals surface area contributed by atoms with Gasteiger partial charge in [-0.1, -0.05) is 23.5 Å². The molecule has 1 atom stereocenters. The lowest BCUT2D eigenvalue weighted by atomic mass is 10.0. The first-order valence-corrected chi connectivity index (χ1v) is 6.39. The van der Waals surface area contributed by atoms with Crippen molar-refractivity contribution in [3.63, 3.8) is 0 Å². The van der Waals surface area contributed by atoms with Crippen molar-refractivity contribution in [2.24, 2.45) is 5.73 Å². The fraction of sp³-hybridized carbons (Fsp3) is 0.400. The molecule has 1 aromatic rings. The van der Waals surface area contributed by atoms with E-state index < -0.39 is 0 Å². The van der Waals surface area contributed by atoms with Crippen LogP contribution in [0.4, 0.5) is 0 Å². The third kappa shape index (κ3) is 3.57. The van der Waals surface area contributed by atoms with E-state index in [2.05, 4.69) is 17.2 Å². The van der Waals surface area contributed by atoms with Crippen molar-refractivity contribution in [1.29, 1.82) is 0 Å². The minimum Gasteiger partial charge on any atom is -0.379 e. The van der Waals surface area contributed by atoms with E-state index in [1.165, 1.54) is 0 Å². The van der Waals surface area contributed by atoms with Gasteiger partial charge in [-0.05, 0) is 25.5 Å². The first-order valence-electron chi connectivity index (χ1n) is 6.39. The van der Waals surface area contributed by atoms with Gasteiger partial charge in [0.05, 0.1) is 24.8 Å². The Morgan fingerprint density at radius 3 is 3.11 bits per heavy atom. The SMILES string of the molecule is Cc1ccc(C#CCN)c(C(=O)NC2CCOC2)c1. The third-order valence-corrected chi connectivity index (χ3v) is 3.01. The highest BCUT2D eigenvalue weighted by Gasteiger charge is 2.19. The maximum atomic E-state index is 12.3. The largest absolute Gasteiger partial charge is 0.379 e. The van der Waals surface area contributed by atoms with E-state index in [1.54, 1.807) is 0 Å². The number of nitrogens with two attached hydrogens (primary N) is 1. The van der Waals surface area contributed by atoms with Crippen molar-refractivity contribution in [1.82, 2.24) is 5.32 Å². The molecule has 2 rings (SSSR count). The quantitative estimate of drug-likeness (QED) is 0.772. The molecule has 1 fully saturated rings. The van der Waals surface area contributed by atoms with Crippen molar-refractivity contribution in [3.8, 4) is 11.8 Å². The van der Waals surface area contributed by atoms with Crippen LogP contribution in [0.3, 0.4) is 0 Å². The van der Waals surface area contributed by atoms with Crippen LogP contribution in [0.5, 0.6) is 0 Å². The summed E-state index contributed by atoms with van der Waals surface area (Å²) in [6, 6.07) is 5.75. The minimum atomic E-state index is -0.0967. The van der Waals surface area contributed by atoms with Gasteiger partial charge in [-0.3, -0.25) is 4.79 Å². The van der Waals surface area contributed by atoms with Gasteiger partial charge in [0.1, 0.15) is 0 Å². The van der Waals surface area contributed by atoms with E-state index in [0.29, 0.717) is 24.3 Å². The van der Waals surface area contributed by atoms with Gasteiger partial charge in [0.2, 0.25) is 0 Å². The Kier molecular flexibility index (Phi) is 4.56. The van der Waals surface area contributed by atoms with Crippen LogP contribution in [0, 0.1) is 18.8 Å². The zero-order valence-corrected chi connectivity index (χ0v) is 11.0. The summed E-state index contributed by atoms with van der Waals surface area (Å²) in [5.74, 6) is 5.63. The van der Waals surface area contributed by atoms with Crippen LogP contribution < -0.4 is 11.1 Å². The van der Waals surface area contributed by atoms with Crippen LogP contribution in [0.25, 0.3) is 0 Å². The third-order valence-electron chi connectivity index (χ3n) is 3.01. The van der Waals surface area contributed by atoms with Gasteiger partial charge in [0, 0.05) is 12.2 Å². The Morgan fingerprint density at radius 1 is 1.58 bits per heavy atom. The number of carbonyl (C=O) groups excluding carboxylic acids is 1. The zero-order valence-electron chi connectivity index (χ0n) is 11.0. The van der Waals surface area contributed by atoms with E-state index in [1.807, 2.05) is 25.1 Å². The molecule has 0 saturated carbocycles. The van der Waals surface area contributed by atoms with Crippen molar-refractivity contribution >= 4 is 5.91 Å². The van der Waals surface area contributed by atoms with Crippen molar-refractivity contribution in [2.75, 3.05) is 19.8 Å². The summed E-state index contributed by atoms with van der Waals surface area (Å²) in [5.41, 5.74) is 7.73. The molecule has 0 bridgehead atoms. The summed E-state index contributed by atoms with van der Waals surface area (Å²) in [4.78, 5) is 12.3. The molecule has 1 amide bonds. The summed E-state index contributed by atoms with van der Waals surface area (Å²) in [6.45, 7) is 3.53. The summed E-state index contributed by atoms with van der Waals surface area (Å²) >= 11 is 0. The molecule has 0 spiro atoms. The van der Waals surface area contributed by atoms with Gasteiger partial charge in [-0.25, -0.2) is 0 Å². The Balaban J connectivity index is 2.20. The smallest absolute Gasteiger partial charge is 0.252 e. The number of ether oxygens (including phenoxy) is 1. The lowest BCUT2D eigenvalue weighted by Gasteiger charge is -2.12. The molecule has 1 unspecified atom stereocenters. The van der Waals surface area contributed by atoms with Crippen molar-refractivity contribution in [2.45, 2.75) is 19.4 Å². The molecule has 4 nitrogen and oxygen atoms in total. The fourth-order valence-corrected chi connectivity index (χ4v) is 2.01. The van der Waals surface area contributed by atoms with E-state index in [0.717, 1.165) is 12.0 Å². The van der Waals surface area contributed by atoms with Gasteiger partial charge >= 0.3 is 0 Å². The number of rotatable bonds is 2. The molecule has 1 aromatic carbocycles. The van der Waals surface area contributed by atoms with Crippen LogP contribution in [-0.4, -0.2) is 31.7 Å². The number of nitrogens with one attached hydrogen (secondary N) is 1. The first-order chi connectivity index (χ1) is 9.20. The van der Waals surface area contributed by atoms with Crippen LogP contribution >= 0.6 is 0 Å². The second-order valence-corrected chi connectivity index (χ2v) is 4.59. The molecule has 1 aliphatic rings. The van der Waals surface area contributed by atoms with Crippen LogP contribution in [0.15, 0.2) is 18.2 Å². The minimum absolute atomic E-state index is 0.0967. The monoisotopic (exact) mass is 258 g/mol. The van der Waals surface area contributed by atoms with Crippen LogP contribution in [0.1, 0.15) is 27.9 Å². The number of amides is 1. The maximum absolute atomic E-state index is 12.3. The molecule has 1 saturated heterocycles. The Bertz CT molecular complexity index is 523. The van der Waals surface area contributed by atoms with E-state index in [-0.39, 0.29) is 18.5 Å². The summed E-state index contributed by atoms with van der Waals surface area (Å²) in [6.07, 6.45) is 0.862. The predicted octanol–water partition coefficient (Wildman–Crippen LogP) is 0.824. The van der Waals surface area contributed by atoms with Gasteiger partial charge in [0.25, 0.3) is 5.91 Å². The lowest BCUT2D eigenvalue weighted by Crippen LogP contribution is -2.35. The Morgan fingerprint density at radius 2 is 2.42 bits per heavy atom. The topological polar surface area (TPSA) is 64.4 Å². The molecule has 4 heteroatoms. The number of benzene rings is 1. The molecule has 0 aliphatic carbocycles. The average Bonchev–Trinajstić information content (AvgIpc) is 2.90. The molecule has 19 heavy (non-hydrogen) atoms. The molecular formula is C15H18N2O2. The molecule has 0 radical (unpaired) electrons. The second kappa shape index (κ2) is 6.37. The van der Waals surface area contributed by atoms with E-state index in [9.17, 15) is 4.79 Å². The zero-order chi connectivity index (χ0) is 13.7. The highest BCUT2D eigenvalue weighted by molar-refractivity contribution is 5.97. The molecule has 1 aliphatic heterocycles. The van der Waals surface area contributed by atoms with Crippen LogP contribution in [0.2, 0.25) is 0 Å². The highest BCUT2D eigenvalue weighted by Crippen LogP contribution is 2.12. The summed E-state index contributed by atoms with van der Waals surface area (Å²) in [5, 5.41) is 2.98. The summed E-state index contributed by atoms with van der Waals surface area (Å²) in [7, 11) is 0. The predicted molar refractivity (Wildman–Crippen MR) is 73.8 cm³/mol. The first kappa shape index (κ1) is 13.6. The molecule has 0 aromatic heterocycles. The Labute approximate surface area is 113 Å². The van der Waals surface area contributed by atoms with E-state index >= 15 is 0 Å². The number of hydrogen-bond acceptors (Lipinski definition) is 3. The standard InChI is InChI=1S/C15H18N2O2/c1-11-4-5-12(3-2-7-16)14(9-11)15(18)17-13-6-8-19-10-13/h4-5,9,13H,6-8,10,16H2,1H3,(H,17,18). The van der Waals surface area contributed by atoms with Gasteiger partial charge in [0.15, 0.2) is 0 Å². The van der Waals surface area contributed by atoms with Gasteiger partial charge < -0.3 is 15.8 Å². The van der Waals surface area contributed by atoms with Crippen LogP contribution in [-0.2, 0) is 4.74 Å². The summed E-state index contributed by atoms with van der Waals surface area (Å²) < 4.78 is 5.25. The average molecular weight is 258 g/mol. The molecule has 100 valence electrons. The fourth-order valence-electron chi connectivity index (χ4n) is 2.01.